The van der Waals surface area contributed by atoms with Crippen molar-refractivity contribution in [2.75, 3.05) is 0 Å². The van der Waals surface area contributed by atoms with E-state index in [2.05, 4.69) is 5.10 Å². The zero-order valence-electron chi connectivity index (χ0n) is 11.5. The molecule has 6 nitrogen and oxygen atoms in total. The third-order valence-electron chi connectivity index (χ3n) is 2.87. The van der Waals surface area contributed by atoms with Crippen LogP contribution in [0.4, 0.5) is 8.78 Å². The molecule has 0 atom stereocenters. The maximum absolute atomic E-state index is 12.8. The summed E-state index contributed by atoms with van der Waals surface area (Å²) in [6.45, 7) is -1.81. The highest BCUT2D eigenvalue weighted by atomic mass is 35.5. The van der Waals surface area contributed by atoms with Crippen LogP contribution in [0.5, 0.6) is 0 Å². The summed E-state index contributed by atoms with van der Waals surface area (Å²) in [5.41, 5.74) is -0.899. The minimum absolute atomic E-state index is 0.0124. The summed E-state index contributed by atoms with van der Waals surface area (Å²) in [5, 5.41) is 14.3. The largest absolute Gasteiger partial charge is 0.545 e. The molecule has 0 amide bonds. The van der Waals surface area contributed by atoms with E-state index >= 15 is 0 Å². The smallest absolute Gasteiger partial charge is 0.355 e. The molecule has 1 aromatic carbocycles. The maximum atomic E-state index is 12.8. The number of hydrogen-bond acceptors (Lipinski definition) is 4. The van der Waals surface area contributed by atoms with Gasteiger partial charge in [0.05, 0.1) is 16.7 Å². The Morgan fingerprint density at radius 1 is 1.35 bits per heavy atom. The first-order valence-electron chi connectivity index (χ1n) is 6.07. The van der Waals surface area contributed by atoms with Crippen LogP contribution in [0.3, 0.4) is 0 Å². The fourth-order valence-electron chi connectivity index (χ4n) is 1.86. The molecule has 2 aromatic rings. The van der Waals surface area contributed by atoms with E-state index in [0.29, 0.717) is 4.68 Å². The lowest BCUT2D eigenvalue weighted by Gasteiger charge is -2.07. The van der Waals surface area contributed by atoms with Crippen LogP contribution < -0.4 is 10.8 Å². The van der Waals surface area contributed by atoms with Crippen LogP contribution in [0, 0.1) is 6.92 Å². The van der Waals surface area contributed by atoms with E-state index in [0.717, 1.165) is 12.2 Å². The van der Waals surface area contributed by atoms with E-state index < -0.39 is 18.2 Å². The van der Waals surface area contributed by atoms with Gasteiger partial charge in [0.25, 0.3) is 0 Å². The summed E-state index contributed by atoms with van der Waals surface area (Å²) in [6.07, 6.45) is 1.85. The van der Waals surface area contributed by atoms with Gasteiger partial charge in [0.1, 0.15) is 5.82 Å². The van der Waals surface area contributed by atoms with Gasteiger partial charge in [-0.05, 0) is 30.7 Å². The minimum atomic E-state index is -3.06. The van der Waals surface area contributed by atoms with Crippen molar-refractivity contribution in [3.05, 3.63) is 50.1 Å². The summed E-state index contributed by atoms with van der Waals surface area (Å²) in [5.74, 6) is -1.66. The van der Waals surface area contributed by atoms with Gasteiger partial charge in [0.2, 0.25) is 0 Å². The normalized spacial score (nSPS) is 11.6. The van der Waals surface area contributed by atoms with Crippen molar-refractivity contribution < 1.29 is 18.7 Å². The molecule has 2 rings (SSSR count). The third kappa shape index (κ3) is 3.43. The number of carbonyl (C=O) groups excluding carboxylic acids is 1. The van der Waals surface area contributed by atoms with Gasteiger partial charge in [-0.1, -0.05) is 29.3 Å². The van der Waals surface area contributed by atoms with Crippen LogP contribution >= 0.6 is 23.2 Å². The first kappa shape index (κ1) is 17.2. The molecule has 0 fully saturated rings. The second-order valence-corrected chi connectivity index (χ2v) is 5.18. The average Bonchev–Trinajstić information content (AvgIpc) is 2.72. The summed E-state index contributed by atoms with van der Waals surface area (Å²) >= 11 is 11.9. The lowest BCUT2D eigenvalue weighted by molar-refractivity contribution is -0.297. The molecule has 122 valence electrons. The fourth-order valence-corrected chi connectivity index (χ4v) is 2.39. The van der Waals surface area contributed by atoms with Crippen molar-refractivity contribution in [2.24, 2.45) is 0 Å². The molecule has 0 unspecified atom stereocenters. The van der Waals surface area contributed by atoms with Gasteiger partial charge < -0.3 is 9.90 Å². The van der Waals surface area contributed by atoms with Crippen molar-refractivity contribution in [3.63, 3.8) is 0 Å². The van der Waals surface area contributed by atoms with Crippen LogP contribution in [0.15, 0.2) is 23.0 Å². The molecule has 0 bridgehead atoms. The lowest BCUT2D eigenvalue weighted by Crippen LogP contribution is -2.25. The number of hydrogen-bond donors (Lipinski definition) is 0. The van der Waals surface area contributed by atoms with Gasteiger partial charge in [0.15, 0.2) is 0 Å². The predicted molar refractivity (Wildman–Crippen MR) is 77.9 cm³/mol. The molecule has 0 spiro atoms. The first-order chi connectivity index (χ1) is 10.7. The van der Waals surface area contributed by atoms with Gasteiger partial charge in [-0.2, -0.15) is 13.5 Å². The van der Waals surface area contributed by atoms with Gasteiger partial charge in [-0.25, -0.2) is 9.36 Å². The van der Waals surface area contributed by atoms with Crippen LogP contribution in [-0.2, 0) is 4.79 Å². The van der Waals surface area contributed by atoms with Gasteiger partial charge in [0, 0.05) is 5.02 Å². The number of benzene rings is 1. The van der Waals surface area contributed by atoms with Crippen molar-refractivity contribution in [1.29, 1.82) is 0 Å². The third-order valence-corrected chi connectivity index (χ3v) is 3.50. The Balaban J connectivity index is 2.65. The summed E-state index contributed by atoms with van der Waals surface area (Å²) < 4.78 is 26.6. The number of aryl methyl sites for hydroxylation is 1. The molecule has 0 aliphatic rings. The number of carboxylic acid groups (broad SMARTS) is 1. The highest BCUT2D eigenvalue weighted by molar-refractivity contribution is 6.36. The van der Waals surface area contributed by atoms with E-state index in [1.54, 1.807) is 0 Å². The van der Waals surface area contributed by atoms with E-state index in [1.165, 1.54) is 19.1 Å². The van der Waals surface area contributed by atoms with E-state index in [4.69, 9.17) is 23.2 Å². The van der Waals surface area contributed by atoms with E-state index in [-0.39, 0.29) is 31.7 Å². The molecule has 1 heterocycles. The van der Waals surface area contributed by atoms with Crippen molar-refractivity contribution in [1.82, 2.24) is 14.3 Å². The van der Waals surface area contributed by atoms with Crippen molar-refractivity contribution in [2.45, 2.75) is 13.5 Å². The maximum Gasteiger partial charge on any atom is 0.355 e. The molecular weight excluding hydrogens is 355 g/mol. The Morgan fingerprint density at radius 3 is 2.52 bits per heavy atom. The quantitative estimate of drug-likeness (QED) is 0.776. The van der Waals surface area contributed by atoms with Crippen LogP contribution in [0.1, 0.15) is 17.9 Å². The number of carboxylic acids is 1. The van der Waals surface area contributed by atoms with Crippen LogP contribution in [0.2, 0.25) is 10.0 Å². The Bertz CT molecular complexity index is 859. The molecule has 10 heteroatoms. The van der Waals surface area contributed by atoms with Gasteiger partial charge >= 0.3 is 12.2 Å². The molecule has 0 N–H and O–H groups in total. The molecule has 23 heavy (non-hydrogen) atoms. The van der Waals surface area contributed by atoms with E-state index in [9.17, 15) is 23.5 Å². The highest BCUT2D eigenvalue weighted by Gasteiger charge is 2.20. The zero-order chi connectivity index (χ0) is 17.3. The molecule has 0 saturated carbocycles. The monoisotopic (exact) mass is 362 g/mol. The zero-order valence-corrected chi connectivity index (χ0v) is 13.0. The molecular formula is C13H8Cl2F2N3O3-. The average molecular weight is 363 g/mol. The SMILES string of the molecule is Cc1nn(-c2cc(C=CC(=O)[O-])c(Cl)cc2Cl)c(=O)n1C(F)F. The number of carbonyl (C=O) groups is 1. The number of halogens is 4. The van der Waals surface area contributed by atoms with Crippen LogP contribution in [-0.4, -0.2) is 20.3 Å². The van der Waals surface area contributed by atoms with Crippen molar-refractivity contribution >= 4 is 35.2 Å². The number of aromatic nitrogens is 3. The minimum Gasteiger partial charge on any atom is -0.545 e. The summed E-state index contributed by atoms with van der Waals surface area (Å²) in [4.78, 5) is 22.5. The standard InChI is InChI=1S/C13H9Cl2F2N3O3/c1-6-18-20(13(23)19(6)12(16)17)10-4-7(2-3-11(21)22)8(14)5-9(10)15/h2-5,12H,1H3,(H,21,22)/p-1. The second kappa shape index (κ2) is 6.51. The Morgan fingerprint density at radius 2 is 2.00 bits per heavy atom. The van der Waals surface area contributed by atoms with E-state index in [1.807, 2.05) is 0 Å². The van der Waals surface area contributed by atoms with Crippen LogP contribution in [0.25, 0.3) is 11.8 Å². The first-order valence-corrected chi connectivity index (χ1v) is 6.82. The Hall–Kier alpha value is -2.19. The topological polar surface area (TPSA) is 80.0 Å². The molecule has 0 aliphatic carbocycles. The summed E-state index contributed by atoms with van der Waals surface area (Å²) in [6, 6.07) is 2.50. The second-order valence-electron chi connectivity index (χ2n) is 4.37. The number of rotatable bonds is 4. The number of alkyl halides is 2. The van der Waals surface area contributed by atoms with Gasteiger partial charge in [-0.3, -0.25) is 0 Å². The van der Waals surface area contributed by atoms with Crippen molar-refractivity contribution in [3.8, 4) is 5.69 Å². The highest BCUT2D eigenvalue weighted by Crippen LogP contribution is 2.28. The molecule has 0 radical (unpaired) electrons. The molecule has 0 saturated heterocycles. The predicted octanol–water partition coefficient (Wildman–Crippen LogP) is 1.81. The fraction of sp³-hybridized carbons (Fsp3) is 0.154. The number of nitrogens with zero attached hydrogens (tertiary/aromatic N) is 3. The Labute approximate surface area is 138 Å². The Kier molecular flexibility index (Phi) is 4.86. The number of aliphatic carboxylic acids is 1. The lowest BCUT2D eigenvalue weighted by atomic mass is 10.2. The summed E-state index contributed by atoms with van der Waals surface area (Å²) in [7, 11) is 0. The molecule has 1 aromatic heterocycles. The molecule has 0 aliphatic heterocycles. The van der Waals surface area contributed by atoms with Gasteiger partial charge in [-0.15, -0.1) is 5.10 Å².